The lowest BCUT2D eigenvalue weighted by Gasteiger charge is -2.43. The molecule has 0 atom stereocenters. The highest BCUT2D eigenvalue weighted by Gasteiger charge is 2.52. The lowest BCUT2D eigenvalue weighted by atomic mass is 9.99. The normalized spacial score (nSPS) is 11.6. The van der Waals surface area contributed by atoms with E-state index in [4.69, 9.17) is 9.16 Å². The van der Waals surface area contributed by atoms with Crippen molar-refractivity contribution in [2.45, 2.75) is 25.8 Å². The third-order valence-electron chi connectivity index (χ3n) is 7.13. The molecule has 0 bridgehead atoms. The van der Waals surface area contributed by atoms with Crippen molar-refractivity contribution in [3.63, 3.8) is 0 Å². The number of ether oxygens (including phenoxy) is 1. The molecule has 0 aliphatic heterocycles. The smallest absolute Gasteiger partial charge is 0.319 e. The average molecular weight is 578 g/mol. The zero-order valence-electron chi connectivity index (χ0n) is 23.5. The molecule has 0 saturated heterocycles. The van der Waals surface area contributed by atoms with Crippen LogP contribution in [0.4, 0.5) is 0 Å². The fraction of sp³-hybridized carbons (Fsp3) is 0.147. The molecule has 41 heavy (non-hydrogen) atoms. The number of carbonyl (C=O) groups excluding carboxylic acids is 2. The highest BCUT2D eigenvalue weighted by atomic mass is 32.1. The fourth-order valence-corrected chi connectivity index (χ4v) is 10.1. The Morgan fingerprint density at radius 2 is 1.37 bits per heavy atom. The summed E-state index contributed by atoms with van der Waals surface area (Å²) in [6.07, 6.45) is 0. The molecule has 0 aliphatic carbocycles. The van der Waals surface area contributed by atoms with Crippen molar-refractivity contribution in [1.82, 2.24) is 4.98 Å². The van der Waals surface area contributed by atoms with Crippen LogP contribution in [0.1, 0.15) is 41.6 Å². The summed E-state index contributed by atoms with van der Waals surface area (Å²) in [4.78, 5) is 29.7. The number of nitrogens with zero attached hydrogens (tertiary/aromatic N) is 1. The summed E-state index contributed by atoms with van der Waals surface area (Å²) >= 11 is 1.28. The summed E-state index contributed by atoms with van der Waals surface area (Å²) in [5, 5.41) is 3.69. The van der Waals surface area contributed by atoms with Crippen molar-refractivity contribution in [3.8, 4) is 22.6 Å². The van der Waals surface area contributed by atoms with E-state index in [0.29, 0.717) is 17.1 Å². The van der Waals surface area contributed by atoms with Crippen LogP contribution >= 0.6 is 11.3 Å². The first-order chi connectivity index (χ1) is 19.7. The molecule has 0 saturated carbocycles. The summed E-state index contributed by atoms with van der Waals surface area (Å²) < 4.78 is 12.9. The Hall–Kier alpha value is -4.33. The highest BCUT2D eigenvalue weighted by Crippen LogP contribution is 2.39. The maximum absolute atomic E-state index is 13.0. The number of aromatic nitrogens is 1. The number of ketones is 2. The van der Waals surface area contributed by atoms with Crippen molar-refractivity contribution in [2.24, 2.45) is 0 Å². The predicted molar refractivity (Wildman–Crippen MR) is 167 cm³/mol. The average Bonchev–Trinajstić information content (AvgIpc) is 3.54. The van der Waals surface area contributed by atoms with Crippen molar-refractivity contribution in [2.75, 3.05) is 7.11 Å². The van der Waals surface area contributed by atoms with E-state index in [1.165, 1.54) is 11.3 Å². The summed E-state index contributed by atoms with van der Waals surface area (Å²) in [6, 6.07) is 33.7. The van der Waals surface area contributed by atoms with E-state index in [0.717, 1.165) is 21.5 Å². The van der Waals surface area contributed by atoms with Crippen LogP contribution in [0.25, 0.3) is 11.1 Å². The van der Waals surface area contributed by atoms with Gasteiger partial charge < -0.3 is 9.16 Å². The van der Waals surface area contributed by atoms with Crippen molar-refractivity contribution < 1.29 is 18.8 Å². The first-order valence-corrected chi connectivity index (χ1v) is 16.1. The van der Waals surface area contributed by atoms with Gasteiger partial charge in [-0.05, 0) is 44.7 Å². The number of hydrogen-bond acceptors (Lipinski definition) is 6. The van der Waals surface area contributed by atoms with E-state index in [1.807, 2.05) is 36.4 Å². The minimum atomic E-state index is -2.88. The topological polar surface area (TPSA) is 65.5 Å². The Kier molecular flexibility index (Phi) is 8.01. The van der Waals surface area contributed by atoms with Gasteiger partial charge in [0.2, 0.25) is 5.78 Å². The van der Waals surface area contributed by atoms with Crippen LogP contribution in [0.15, 0.2) is 114 Å². The zero-order chi connectivity index (χ0) is 29.0. The first-order valence-electron chi connectivity index (χ1n) is 13.3. The molecule has 0 amide bonds. The number of methoxy groups -OCH3 is 1. The molecule has 0 unspecified atom stereocenters. The van der Waals surface area contributed by atoms with Gasteiger partial charge in [0.05, 0.1) is 12.6 Å². The second kappa shape index (κ2) is 11.6. The summed E-state index contributed by atoms with van der Waals surface area (Å²) in [5.74, 6) is 0.0869. The largest absolute Gasteiger partial charge is 0.534 e. The molecule has 5 nitrogen and oxygen atoms in total. The molecule has 1 aromatic heterocycles. The zero-order valence-corrected chi connectivity index (χ0v) is 25.3. The number of carbonyl (C=O) groups is 2. The minimum Gasteiger partial charge on any atom is -0.534 e. The number of Topliss-reactive ketones (excluding diaryl/α,β-unsaturated/α-hetero) is 2. The monoisotopic (exact) mass is 577 g/mol. The van der Waals surface area contributed by atoms with Gasteiger partial charge in [0.1, 0.15) is 17.2 Å². The third kappa shape index (κ3) is 5.64. The lowest BCUT2D eigenvalue weighted by Crippen LogP contribution is -2.68. The Labute approximate surface area is 245 Å². The molecular formula is C34H31NO4SSi. The van der Waals surface area contributed by atoms with Gasteiger partial charge in [-0.25, -0.2) is 4.98 Å². The van der Waals surface area contributed by atoms with Gasteiger partial charge in [-0.15, -0.1) is 11.3 Å². The van der Waals surface area contributed by atoms with Crippen molar-refractivity contribution in [3.05, 3.63) is 125 Å². The molecule has 0 radical (unpaired) electrons. The maximum atomic E-state index is 13.0. The van der Waals surface area contributed by atoms with Gasteiger partial charge in [0.25, 0.3) is 5.78 Å². The van der Waals surface area contributed by atoms with Crippen LogP contribution in [-0.2, 0) is 0 Å². The molecule has 7 heteroatoms. The standard InChI is InChI=1S/C34H31NO4SSi/c1-34(2,3)41(29-14-7-5-8-15-29,30-16-9-6-10-17-30)39-28-20-26(19-27(21-28)38-4)24-12-11-13-25(18-24)32(36)33(37)31-22-40-23-35-31/h5-23H,1-4H3. The molecule has 0 spiro atoms. The van der Waals surface area contributed by atoms with Crippen molar-refractivity contribution in [1.29, 1.82) is 0 Å². The Bertz CT molecular complexity index is 1620. The molecule has 0 aliphatic rings. The predicted octanol–water partition coefficient (Wildman–Crippen LogP) is 6.82. The summed E-state index contributed by atoms with van der Waals surface area (Å²) in [6.45, 7) is 6.69. The number of rotatable bonds is 9. The van der Waals surface area contributed by atoms with Gasteiger partial charge in [-0.3, -0.25) is 9.59 Å². The Morgan fingerprint density at radius 1 is 0.732 bits per heavy atom. The van der Waals surface area contributed by atoms with Crippen LogP contribution in [0, 0.1) is 0 Å². The Morgan fingerprint density at radius 3 is 1.93 bits per heavy atom. The third-order valence-corrected chi connectivity index (χ3v) is 12.7. The fourth-order valence-electron chi connectivity index (χ4n) is 5.15. The summed E-state index contributed by atoms with van der Waals surface area (Å²) in [7, 11) is -1.26. The molecule has 1 heterocycles. The highest BCUT2D eigenvalue weighted by molar-refractivity contribution is 7.07. The SMILES string of the molecule is COc1cc(O[Si](c2ccccc2)(c2ccccc2)C(C)(C)C)cc(-c2cccc(C(=O)C(=O)c3cscn3)c2)c1. The van der Waals surface area contributed by atoms with E-state index in [2.05, 4.69) is 74.3 Å². The van der Waals surface area contributed by atoms with Gasteiger partial charge in [0, 0.05) is 17.0 Å². The van der Waals surface area contributed by atoms with Gasteiger partial charge in [-0.1, -0.05) is 99.6 Å². The molecule has 5 aromatic rings. The second-order valence-corrected chi connectivity index (χ2v) is 15.7. The minimum absolute atomic E-state index is 0.160. The molecular weight excluding hydrogens is 547 g/mol. The van der Waals surface area contributed by atoms with E-state index in [1.54, 1.807) is 36.2 Å². The molecule has 4 aromatic carbocycles. The first kappa shape index (κ1) is 28.2. The quantitative estimate of drug-likeness (QED) is 0.109. The molecule has 0 N–H and O–H groups in total. The molecule has 5 rings (SSSR count). The molecule has 206 valence electrons. The van der Waals surface area contributed by atoms with E-state index in [9.17, 15) is 9.59 Å². The lowest BCUT2D eigenvalue weighted by molar-refractivity contribution is 0.0814. The second-order valence-electron chi connectivity index (χ2n) is 10.8. The van der Waals surface area contributed by atoms with Crippen LogP contribution in [0.2, 0.25) is 5.04 Å². The number of thiazole rings is 1. The van der Waals surface area contributed by atoms with E-state index < -0.39 is 19.9 Å². The summed E-state index contributed by atoms with van der Waals surface area (Å²) in [5.41, 5.74) is 3.59. The van der Waals surface area contributed by atoms with E-state index in [-0.39, 0.29) is 10.7 Å². The molecule has 0 fully saturated rings. The van der Waals surface area contributed by atoms with Crippen molar-refractivity contribution >= 4 is 41.6 Å². The van der Waals surface area contributed by atoms with E-state index >= 15 is 0 Å². The van der Waals surface area contributed by atoms with Crippen LogP contribution in [-0.4, -0.2) is 32.0 Å². The Balaban J connectivity index is 1.61. The van der Waals surface area contributed by atoms with Crippen LogP contribution in [0.5, 0.6) is 11.5 Å². The van der Waals surface area contributed by atoms with Gasteiger partial charge >= 0.3 is 8.32 Å². The number of benzene rings is 4. The number of hydrogen-bond donors (Lipinski definition) is 0. The maximum Gasteiger partial charge on any atom is 0.319 e. The van der Waals surface area contributed by atoms with Crippen LogP contribution in [0.3, 0.4) is 0 Å². The van der Waals surface area contributed by atoms with Crippen LogP contribution < -0.4 is 19.5 Å². The van der Waals surface area contributed by atoms with Gasteiger partial charge in [0.15, 0.2) is 0 Å². The van der Waals surface area contributed by atoms with Gasteiger partial charge in [-0.2, -0.15) is 0 Å².